The van der Waals surface area contributed by atoms with Gasteiger partial charge in [-0.2, -0.15) is 0 Å². The number of nitrogens with zero attached hydrogens (tertiary/aromatic N) is 1. The van der Waals surface area contributed by atoms with Crippen molar-refractivity contribution in [1.82, 2.24) is 0 Å². The summed E-state index contributed by atoms with van der Waals surface area (Å²) in [5.74, 6) is 2.82. The Hall–Kier alpha value is -3.24. The van der Waals surface area contributed by atoms with Crippen molar-refractivity contribution >= 4 is 32.9 Å². The van der Waals surface area contributed by atoms with Gasteiger partial charge in [-0.15, -0.1) is 6.42 Å². The molecule has 0 aliphatic rings. The van der Waals surface area contributed by atoms with Crippen LogP contribution in [-0.4, -0.2) is 6.54 Å². The zero-order valence-corrected chi connectivity index (χ0v) is 13.3. The van der Waals surface area contributed by atoms with Gasteiger partial charge in [-0.05, 0) is 22.9 Å². The van der Waals surface area contributed by atoms with Crippen molar-refractivity contribution in [2.24, 2.45) is 0 Å². The van der Waals surface area contributed by atoms with Gasteiger partial charge in [0.15, 0.2) is 0 Å². The Balaban J connectivity index is 1.99. The van der Waals surface area contributed by atoms with Crippen LogP contribution in [0.1, 0.15) is 0 Å². The third-order valence-corrected chi connectivity index (χ3v) is 4.36. The SMILES string of the molecule is C#CCN(c1cccc2ccccc12)c1cccc2ccccc12. The molecule has 1 nitrogen and oxygen atoms in total. The molecule has 0 saturated carbocycles. The van der Waals surface area contributed by atoms with Crippen LogP contribution in [0.25, 0.3) is 21.5 Å². The molecule has 0 amide bonds. The summed E-state index contributed by atoms with van der Waals surface area (Å²) in [5.41, 5.74) is 2.28. The number of hydrogen-bond acceptors (Lipinski definition) is 1. The van der Waals surface area contributed by atoms with Gasteiger partial charge in [0.2, 0.25) is 0 Å². The molecule has 0 N–H and O–H groups in total. The lowest BCUT2D eigenvalue weighted by Crippen LogP contribution is -2.17. The van der Waals surface area contributed by atoms with Crippen molar-refractivity contribution in [2.45, 2.75) is 0 Å². The Bertz CT molecular complexity index is 966. The van der Waals surface area contributed by atoms with Gasteiger partial charge >= 0.3 is 0 Å². The second-order valence-corrected chi connectivity index (χ2v) is 5.79. The fourth-order valence-corrected chi connectivity index (χ4v) is 3.28. The number of hydrogen-bond donors (Lipinski definition) is 0. The maximum absolute atomic E-state index is 5.70. The summed E-state index contributed by atoms with van der Waals surface area (Å²) in [6.45, 7) is 0.530. The van der Waals surface area contributed by atoms with E-state index in [1.807, 2.05) is 0 Å². The van der Waals surface area contributed by atoms with Gasteiger partial charge in [0.1, 0.15) is 0 Å². The van der Waals surface area contributed by atoms with E-state index < -0.39 is 0 Å². The first-order chi connectivity index (χ1) is 11.9. The highest BCUT2D eigenvalue weighted by Crippen LogP contribution is 2.35. The first-order valence-electron chi connectivity index (χ1n) is 8.05. The van der Waals surface area contributed by atoms with Crippen molar-refractivity contribution in [1.29, 1.82) is 0 Å². The number of anilines is 2. The van der Waals surface area contributed by atoms with E-state index in [0.29, 0.717) is 6.54 Å². The number of fused-ring (bicyclic) bond motifs is 2. The van der Waals surface area contributed by atoms with Crippen molar-refractivity contribution < 1.29 is 0 Å². The molecule has 0 atom stereocenters. The predicted molar refractivity (Wildman–Crippen MR) is 104 cm³/mol. The molecule has 0 spiro atoms. The lowest BCUT2D eigenvalue weighted by Gasteiger charge is -2.25. The van der Waals surface area contributed by atoms with Gasteiger partial charge in [-0.3, -0.25) is 0 Å². The van der Waals surface area contributed by atoms with Gasteiger partial charge in [0, 0.05) is 22.1 Å². The number of terminal acetylenes is 1. The summed E-state index contributed by atoms with van der Waals surface area (Å²) in [6.07, 6.45) is 5.70. The molecule has 1 heteroatoms. The molecular formula is C23H17N. The molecule has 0 saturated heterocycles. The maximum Gasteiger partial charge on any atom is 0.0841 e. The van der Waals surface area contributed by atoms with Crippen molar-refractivity contribution in [2.75, 3.05) is 11.4 Å². The molecule has 0 aliphatic carbocycles. The summed E-state index contributed by atoms with van der Waals surface area (Å²) in [4.78, 5) is 2.23. The molecule has 0 fully saturated rings. The minimum atomic E-state index is 0.530. The van der Waals surface area contributed by atoms with Crippen LogP contribution in [0.4, 0.5) is 11.4 Å². The molecule has 24 heavy (non-hydrogen) atoms. The molecule has 0 aliphatic heterocycles. The van der Waals surface area contributed by atoms with Gasteiger partial charge in [0.05, 0.1) is 6.54 Å². The topological polar surface area (TPSA) is 3.24 Å². The van der Waals surface area contributed by atoms with Crippen LogP contribution in [0.15, 0.2) is 84.9 Å². The highest BCUT2D eigenvalue weighted by molar-refractivity contribution is 6.01. The van der Waals surface area contributed by atoms with E-state index in [2.05, 4.69) is 95.7 Å². The summed E-state index contributed by atoms with van der Waals surface area (Å²) < 4.78 is 0. The maximum atomic E-state index is 5.70. The molecule has 4 aromatic rings. The van der Waals surface area contributed by atoms with Crippen LogP contribution in [0.2, 0.25) is 0 Å². The zero-order chi connectivity index (χ0) is 16.4. The predicted octanol–water partition coefficient (Wildman–Crippen LogP) is 5.76. The average Bonchev–Trinajstić information content (AvgIpc) is 2.65. The minimum absolute atomic E-state index is 0.530. The lowest BCUT2D eigenvalue weighted by atomic mass is 10.0. The van der Waals surface area contributed by atoms with Gasteiger partial charge in [-0.25, -0.2) is 0 Å². The fraction of sp³-hybridized carbons (Fsp3) is 0.0435. The van der Waals surface area contributed by atoms with E-state index in [1.165, 1.54) is 21.5 Å². The standard InChI is InChI=1S/C23H17N/c1-2-17-24(22-15-7-11-18-9-3-5-13-20(18)22)23-16-8-12-19-10-4-6-14-21(19)23/h1,3-16H,17H2. The van der Waals surface area contributed by atoms with Crippen molar-refractivity contribution in [3.8, 4) is 12.3 Å². The van der Waals surface area contributed by atoms with Crippen LogP contribution in [0, 0.1) is 12.3 Å². The number of benzene rings is 4. The fourth-order valence-electron chi connectivity index (χ4n) is 3.28. The Morgan fingerprint density at radius 3 is 1.58 bits per heavy atom. The van der Waals surface area contributed by atoms with Crippen molar-refractivity contribution in [3.63, 3.8) is 0 Å². The zero-order valence-electron chi connectivity index (χ0n) is 13.3. The molecule has 0 radical (unpaired) electrons. The van der Waals surface area contributed by atoms with E-state index in [4.69, 9.17) is 6.42 Å². The van der Waals surface area contributed by atoms with Crippen LogP contribution < -0.4 is 4.90 Å². The first kappa shape index (κ1) is 14.4. The van der Waals surface area contributed by atoms with E-state index in [0.717, 1.165) is 11.4 Å². The van der Waals surface area contributed by atoms with Crippen molar-refractivity contribution in [3.05, 3.63) is 84.9 Å². The monoisotopic (exact) mass is 307 g/mol. The van der Waals surface area contributed by atoms with Crippen LogP contribution >= 0.6 is 0 Å². The molecule has 0 aromatic heterocycles. The molecule has 4 aromatic carbocycles. The Labute approximate surface area is 142 Å². The van der Waals surface area contributed by atoms with E-state index in [9.17, 15) is 0 Å². The number of rotatable bonds is 3. The summed E-state index contributed by atoms with van der Waals surface area (Å²) in [6, 6.07) is 29.6. The van der Waals surface area contributed by atoms with E-state index >= 15 is 0 Å². The molecule has 0 bridgehead atoms. The smallest absolute Gasteiger partial charge is 0.0841 e. The van der Waals surface area contributed by atoms with Crippen LogP contribution in [-0.2, 0) is 0 Å². The van der Waals surface area contributed by atoms with Gasteiger partial charge < -0.3 is 4.90 Å². The van der Waals surface area contributed by atoms with Gasteiger partial charge in [-0.1, -0.05) is 78.7 Å². The summed E-state index contributed by atoms with van der Waals surface area (Å²) in [7, 11) is 0. The Morgan fingerprint density at radius 2 is 1.08 bits per heavy atom. The molecular weight excluding hydrogens is 290 g/mol. The average molecular weight is 307 g/mol. The second-order valence-electron chi connectivity index (χ2n) is 5.79. The minimum Gasteiger partial charge on any atom is -0.329 e. The Morgan fingerprint density at radius 1 is 0.625 bits per heavy atom. The third kappa shape index (κ3) is 2.39. The summed E-state index contributed by atoms with van der Waals surface area (Å²) >= 11 is 0. The quantitative estimate of drug-likeness (QED) is 0.435. The lowest BCUT2D eigenvalue weighted by molar-refractivity contribution is 1.14. The molecule has 114 valence electrons. The second kappa shape index (κ2) is 6.10. The first-order valence-corrected chi connectivity index (χ1v) is 8.05. The molecule has 0 unspecified atom stereocenters. The molecule has 4 rings (SSSR count). The van der Waals surface area contributed by atoms with E-state index in [-0.39, 0.29) is 0 Å². The highest BCUT2D eigenvalue weighted by Gasteiger charge is 2.13. The normalized spacial score (nSPS) is 10.6. The summed E-state index contributed by atoms with van der Waals surface area (Å²) in [5, 5.41) is 4.86. The van der Waals surface area contributed by atoms with Gasteiger partial charge in [0.25, 0.3) is 0 Å². The Kier molecular flexibility index (Phi) is 3.65. The van der Waals surface area contributed by atoms with Crippen LogP contribution in [0.5, 0.6) is 0 Å². The molecule has 0 heterocycles. The third-order valence-electron chi connectivity index (χ3n) is 4.36. The highest BCUT2D eigenvalue weighted by atomic mass is 15.1. The largest absolute Gasteiger partial charge is 0.329 e. The van der Waals surface area contributed by atoms with E-state index in [1.54, 1.807) is 0 Å². The van der Waals surface area contributed by atoms with Crippen LogP contribution in [0.3, 0.4) is 0 Å².